The summed E-state index contributed by atoms with van der Waals surface area (Å²) in [5.41, 5.74) is 0.750. The van der Waals surface area contributed by atoms with Crippen LogP contribution in [0.1, 0.15) is 64.0 Å². The zero-order chi connectivity index (χ0) is 14.5. The highest BCUT2D eigenvalue weighted by Gasteiger charge is 2.21. The van der Waals surface area contributed by atoms with Gasteiger partial charge in [-0.3, -0.25) is 0 Å². The van der Waals surface area contributed by atoms with Crippen LogP contribution >= 0.6 is 15.9 Å². The summed E-state index contributed by atoms with van der Waals surface area (Å²) in [5, 5.41) is 3.60. The summed E-state index contributed by atoms with van der Waals surface area (Å²) in [4.78, 5) is 0. The summed E-state index contributed by atoms with van der Waals surface area (Å²) in [7, 11) is 0. The quantitative estimate of drug-likeness (QED) is 0.703. The lowest BCUT2D eigenvalue weighted by Crippen LogP contribution is -2.35. The van der Waals surface area contributed by atoms with Crippen LogP contribution in [0, 0.1) is 11.7 Å². The molecule has 1 nitrogen and oxygen atoms in total. The van der Waals surface area contributed by atoms with E-state index in [0.29, 0.717) is 6.04 Å². The van der Waals surface area contributed by atoms with Gasteiger partial charge in [-0.15, -0.1) is 0 Å². The van der Waals surface area contributed by atoms with Gasteiger partial charge in [0.2, 0.25) is 0 Å². The minimum absolute atomic E-state index is 0.0470. The Morgan fingerprint density at radius 1 is 1.15 bits per heavy atom. The molecule has 0 heterocycles. The summed E-state index contributed by atoms with van der Waals surface area (Å²) in [6, 6.07) is 5.66. The fraction of sp³-hybridized carbons (Fsp3) is 0.647. The van der Waals surface area contributed by atoms with Crippen LogP contribution in [0.25, 0.3) is 0 Å². The molecule has 1 aromatic rings. The highest BCUT2D eigenvalue weighted by molar-refractivity contribution is 9.10. The normalized spacial score (nSPS) is 20.4. The standard InChI is InChI=1S/C17H25BrFN/c1-12(14-7-5-3-4-6-8-14)20-13(2)16-11-15(18)9-10-17(16)19/h9-14,20H,3-8H2,1-2H3/t12-,13?/m0/s1. The molecule has 112 valence electrons. The van der Waals surface area contributed by atoms with Gasteiger partial charge >= 0.3 is 0 Å². The number of hydrogen-bond donors (Lipinski definition) is 1. The van der Waals surface area contributed by atoms with Crippen molar-refractivity contribution >= 4 is 15.9 Å². The van der Waals surface area contributed by atoms with Crippen LogP contribution in [0.2, 0.25) is 0 Å². The smallest absolute Gasteiger partial charge is 0.128 e. The number of halogens is 2. The number of nitrogens with one attached hydrogen (secondary N) is 1. The van der Waals surface area contributed by atoms with Crippen LogP contribution < -0.4 is 5.32 Å². The zero-order valence-electron chi connectivity index (χ0n) is 12.5. The van der Waals surface area contributed by atoms with E-state index in [-0.39, 0.29) is 11.9 Å². The van der Waals surface area contributed by atoms with E-state index in [4.69, 9.17) is 0 Å². The van der Waals surface area contributed by atoms with Gasteiger partial charge in [0.25, 0.3) is 0 Å². The lowest BCUT2D eigenvalue weighted by atomic mass is 9.92. The molecule has 1 aliphatic rings. The van der Waals surface area contributed by atoms with Crippen molar-refractivity contribution in [3.63, 3.8) is 0 Å². The molecule has 0 aliphatic heterocycles. The van der Waals surface area contributed by atoms with E-state index < -0.39 is 0 Å². The summed E-state index contributed by atoms with van der Waals surface area (Å²) in [6.45, 7) is 4.31. The molecule has 1 aliphatic carbocycles. The average Bonchev–Trinajstić information content (AvgIpc) is 2.70. The topological polar surface area (TPSA) is 12.0 Å². The van der Waals surface area contributed by atoms with Crippen molar-refractivity contribution in [2.45, 2.75) is 64.5 Å². The molecule has 0 aromatic heterocycles. The van der Waals surface area contributed by atoms with Gasteiger partial charge in [0, 0.05) is 22.1 Å². The average molecular weight is 342 g/mol. The van der Waals surface area contributed by atoms with Crippen molar-refractivity contribution in [1.29, 1.82) is 0 Å². The third-order valence-corrected chi connectivity index (χ3v) is 5.04. The molecule has 0 bridgehead atoms. The summed E-state index contributed by atoms with van der Waals surface area (Å²) in [6.07, 6.45) is 8.05. The SMILES string of the molecule is CC(N[C@@H](C)C1CCCCCC1)c1cc(Br)ccc1F. The lowest BCUT2D eigenvalue weighted by Gasteiger charge is -2.27. The maximum absolute atomic E-state index is 13.9. The van der Waals surface area contributed by atoms with Crippen molar-refractivity contribution in [3.05, 3.63) is 34.1 Å². The van der Waals surface area contributed by atoms with Crippen LogP contribution in [-0.2, 0) is 0 Å². The van der Waals surface area contributed by atoms with E-state index in [1.807, 2.05) is 6.07 Å². The van der Waals surface area contributed by atoms with Crippen molar-refractivity contribution < 1.29 is 4.39 Å². The molecule has 1 aromatic carbocycles. The number of benzene rings is 1. The molecule has 20 heavy (non-hydrogen) atoms. The molecule has 1 N–H and O–H groups in total. The molecule has 0 amide bonds. The lowest BCUT2D eigenvalue weighted by molar-refractivity contribution is 0.314. The van der Waals surface area contributed by atoms with Crippen LogP contribution in [0.5, 0.6) is 0 Å². The van der Waals surface area contributed by atoms with Crippen molar-refractivity contribution in [2.75, 3.05) is 0 Å². The maximum atomic E-state index is 13.9. The van der Waals surface area contributed by atoms with E-state index in [1.165, 1.54) is 44.6 Å². The molecule has 3 heteroatoms. The van der Waals surface area contributed by atoms with Crippen LogP contribution in [0.3, 0.4) is 0 Å². The van der Waals surface area contributed by atoms with Gasteiger partial charge < -0.3 is 5.32 Å². The van der Waals surface area contributed by atoms with Gasteiger partial charge in [0.15, 0.2) is 0 Å². The Morgan fingerprint density at radius 2 is 1.80 bits per heavy atom. The van der Waals surface area contributed by atoms with Crippen LogP contribution in [0.15, 0.2) is 22.7 Å². The number of hydrogen-bond acceptors (Lipinski definition) is 1. The van der Waals surface area contributed by atoms with Crippen molar-refractivity contribution in [2.24, 2.45) is 5.92 Å². The summed E-state index contributed by atoms with van der Waals surface area (Å²) in [5.74, 6) is 0.608. The highest BCUT2D eigenvalue weighted by Crippen LogP contribution is 2.28. The van der Waals surface area contributed by atoms with Gasteiger partial charge in [-0.2, -0.15) is 0 Å². The molecule has 0 saturated heterocycles. The van der Waals surface area contributed by atoms with Gasteiger partial charge in [-0.25, -0.2) is 4.39 Å². The minimum Gasteiger partial charge on any atom is -0.307 e. The molecule has 0 spiro atoms. The molecular weight excluding hydrogens is 317 g/mol. The van der Waals surface area contributed by atoms with Crippen LogP contribution in [-0.4, -0.2) is 6.04 Å². The van der Waals surface area contributed by atoms with E-state index >= 15 is 0 Å². The Bertz CT molecular complexity index is 427. The van der Waals surface area contributed by atoms with Gasteiger partial charge in [-0.1, -0.05) is 41.6 Å². The Hall–Kier alpha value is -0.410. The summed E-state index contributed by atoms with van der Waals surface area (Å²) < 4.78 is 14.9. The first-order valence-electron chi connectivity index (χ1n) is 7.79. The fourth-order valence-electron chi connectivity index (χ4n) is 3.28. The molecule has 1 saturated carbocycles. The first-order valence-corrected chi connectivity index (χ1v) is 8.58. The van der Waals surface area contributed by atoms with Gasteiger partial charge in [-0.05, 0) is 50.8 Å². The molecule has 1 fully saturated rings. The Kier molecular flexibility index (Phi) is 6.03. The first-order chi connectivity index (χ1) is 9.58. The second-order valence-electron chi connectivity index (χ2n) is 6.09. The third kappa shape index (κ3) is 4.29. The van der Waals surface area contributed by atoms with E-state index in [9.17, 15) is 4.39 Å². The molecule has 1 unspecified atom stereocenters. The van der Waals surface area contributed by atoms with E-state index in [0.717, 1.165) is 16.0 Å². The summed E-state index contributed by atoms with van der Waals surface area (Å²) >= 11 is 3.42. The monoisotopic (exact) mass is 341 g/mol. The molecule has 0 radical (unpaired) electrons. The number of rotatable bonds is 4. The third-order valence-electron chi connectivity index (χ3n) is 4.54. The van der Waals surface area contributed by atoms with E-state index in [2.05, 4.69) is 35.1 Å². The minimum atomic E-state index is -0.124. The predicted molar refractivity (Wildman–Crippen MR) is 86.3 cm³/mol. The largest absolute Gasteiger partial charge is 0.307 e. The van der Waals surface area contributed by atoms with Gasteiger partial charge in [0.1, 0.15) is 5.82 Å². The Labute approximate surface area is 130 Å². The predicted octanol–water partition coefficient (Wildman–Crippen LogP) is 5.60. The van der Waals surface area contributed by atoms with Crippen molar-refractivity contribution in [1.82, 2.24) is 5.32 Å². The molecule has 2 rings (SSSR count). The Balaban J connectivity index is 1.99. The first kappa shape index (κ1) is 16.0. The van der Waals surface area contributed by atoms with Gasteiger partial charge in [0.05, 0.1) is 0 Å². The second-order valence-corrected chi connectivity index (χ2v) is 7.01. The molecular formula is C17H25BrFN. The van der Waals surface area contributed by atoms with Crippen molar-refractivity contribution in [3.8, 4) is 0 Å². The fourth-order valence-corrected chi connectivity index (χ4v) is 3.66. The highest BCUT2D eigenvalue weighted by atomic mass is 79.9. The Morgan fingerprint density at radius 3 is 2.45 bits per heavy atom. The second kappa shape index (κ2) is 7.56. The maximum Gasteiger partial charge on any atom is 0.128 e. The van der Waals surface area contributed by atoms with Crippen LogP contribution in [0.4, 0.5) is 4.39 Å². The van der Waals surface area contributed by atoms with E-state index in [1.54, 1.807) is 6.07 Å². The molecule has 2 atom stereocenters. The zero-order valence-corrected chi connectivity index (χ0v) is 14.0.